The van der Waals surface area contributed by atoms with Crippen LogP contribution in [0.4, 0.5) is 5.69 Å². The van der Waals surface area contributed by atoms with Gasteiger partial charge in [-0.1, -0.05) is 6.92 Å². The molecular weight excluding hydrogens is 382 g/mol. The predicted octanol–water partition coefficient (Wildman–Crippen LogP) is 4.61. The number of hydrogen-bond acceptors (Lipinski definition) is 6. The molecule has 0 bridgehead atoms. The molecule has 2 aromatic rings. The largest absolute Gasteiger partial charge is 0.493 e. The summed E-state index contributed by atoms with van der Waals surface area (Å²) >= 11 is 0. The van der Waals surface area contributed by atoms with Crippen LogP contribution in [0.3, 0.4) is 0 Å². The number of Topliss-reactive ketones (excluding diaryl/α,β-unsaturated/α-hetero) is 1. The SMILES string of the molecule is CCOc1ccc(C(=O)/C(=C/c2cc(OC)c3c(c2)OCCO3)CC)cc1N(C)C. The molecular formula is C24H29NO5. The summed E-state index contributed by atoms with van der Waals surface area (Å²) in [6.07, 6.45) is 2.48. The highest BCUT2D eigenvalue weighted by Gasteiger charge is 2.19. The van der Waals surface area contributed by atoms with E-state index in [1.165, 1.54) is 0 Å². The number of methoxy groups -OCH3 is 1. The van der Waals surface area contributed by atoms with E-state index in [9.17, 15) is 4.79 Å². The summed E-state index contributed by atoms with van der Waals surface area (Å²) in [4.78, 5) is 15.2. The van der Waals surface area contributed by atoms with Gasteiger partial charge in [-0.25, -0.2) is 0 Å². The number of nitrogens with zero attached hydrogens (tertiary/aromatic N) is 1. The average molecular weight is 411 g/mol. The number of fused-ring (bicyclic) bond motifs is 1. The Hall–Kier alpha value is -3.15. The molecule has 30 heavy (non-hydrogen) atoms. The predicted molar refractivity (Wildman–Crippen MR) is 119 cm³/mol. The Bertz CT molecular complexity index is 932. The molecule has 0 N–H and O–H groups in total. The molecule has 6 nitrogen and oxygen atoms in total. The number of ketones is 1. The molecule has 2 aromatic carbocycles. The first kappa shape index (κ1) is 21.6. The van der Waals surface area contributed by atoms with Crippen molar-refractivity contribution < 1.29 is 23.7 Å². The summed E-state index contributed by atoms with van der Waals surface area (Å²) in [5.74, 6) is 2.57. The molecule has 0 fully saturated rings. The highest BCUT2D eigenvalue weighted by atomic mass is 16.6. The molecule has 160 valence electrons. The number of ether oxygens (including phenoxy) is 4. The normalized spacial score (nSPS) is 13.0. The monoisotopic (exact) mass is 411 g/mol. The molecule has 0 amide bonds. The molecule has 0 aromatic heterocycles. The average Bonchev–Trinajstić information content (AvgIpc) is 2.76. The van der Waals surface area contributed by atoms with Crippen LogP contribution < -0.4 is 23.8 Å². The minimum Gasteiger partial charge on any atom is -0.493 e. The molecule has 1 heterocycles. The summed E-state index contributed by atoms with van der Waals surface area (Å²) < 4.78 is 22.5. The van der Waals surface area contributed by atoms with Crippen molar-refractivity contribution in [3.63, 3.8) is 0 Å². The van der Waals surface area contributed by atoms with Gasteiger partial charge in [0.15, 0.2) is 17.3 Å². The van der Waals surface area contributed by atoms with Crippen LogP contribution in [-0.2, 0) is 0 Å². The highest BCUT2D eigenvalue weighted by Crippen LogP contribution is 2.41. The number of hydrogen-bond donors (Lipinski definition) is 0. The standard InChI is InChI=1S/C24H29NO5/c1-6-17(12-16-13-21(27-5)24-22(14-16)29-10-11-30-24)23(26)18-8-9-20(28-7-2)19(15-18)25(3)4/h8-9,12-15H,6-7,10-11H2,1-5H3/b17-12+. The molecule has 1 aliphatic rings. The third-order valence-corrected chi connectivity index (χ3v) is 4.87. The number of carbonyl (C=O) groups is 1. The third kappa shape index (κ3) is 4.53. The first-order valence-electron chi connectivity index (χ1n) is 10.2. The van der Waals surface area contributed by atoms with E-state index in [1.807, 2.05) is 69.3 Å². The van der Waals surface area contributed by atoms with Gasteiger partial charge in [0.05, 0.1) is 19.4 Å². The summed E-state index contributed by atoms with van der Waals surface area (Å²) in [6, 6.07) is 9.28. The quantitative estimate of drug-likeness (QED) is 0.467. The van der Waals surface area contributed by atoms with Gasteiger partial charge in [0.25, 0.3) is 0 Å². The lowest BCUT2D eigenvalue weighted by molar-refractivity contribution is 0.103. The Morgan fingerprint density at radius 3 is 2.53 bits per heavy atom. The van der Waals surface area contributed by atoms with Crippen LogP contribution in [0.5, 0.6) is 23.0 Å². The molecule has 0 spiro atoms. The summed E-state index contributed by atoms with van der Waals surface area (Å²) in [7, 11) is 5.46. The lowest BCUT2D eigenvalue weighted by atomic mass is 9.98. The van der Waals surface area contributed by atoms with E-state index >= 15 is 0 Å². The fourth-order valence-electron chi connectivity index (χ4n) is 3.38. The maximum atomic E-state index is 13.3. The summed E-state index contributed by atoms with van der Waals surface area (Å²) in [5.41, 5.74) is 3.03. The van der Waals surface area contributed by atoms with Crippen LogP contribution in [0.25, 0.3) is 6.08 Å². The Morgan fingerprint density at radius 2 is 1.87 bits per heavy atom. The number of allylic oxidation sites excluding steroid dienone is 1. The number of anilines is 1. The Balaban J connectivity index is 1.97. The van der Waals surface area contributed by atoms with E-state index < -0.39 is 0 Å². The highest BCUT2D eigenvalue weighted by molar-refractivity contribution is 6.11. The molecule has 0 unspecified atom stereocenters. The zero-order valence-corrected chi connectivity index (χ0v) is 18.3. The summed E-state index contributed by atoms with van der Waals surface area (Å²) in [5, 5.41) is 0. The zero-order chi connectivity index (χ0) is 21.7. The van der Waals surface area contributed by atoms with Crippen molar-refractivity contribution in [2.45, 2.75) is 20.3 Å². The third-order valence-electron chi connectivity index (χ3n) is 4.87. The number of rotatable bonds is 8. The van der Waals surface area contributed by atoms with E-state index in [0.29, 0.717) is 54.6 Å². The second-order valence-corrected chi connectivity index (χ2v) is 7.11. The van der Waals surface area contributed by atoms with Crippen molar-refractivity contribution in [3.05, 3.63) is 47.0 Å². The maximum Gasteiger partial charge on any atom is 0.203 e. The summed E-state index contributed by atoms with van der Waals surface area (Å²) in [6.45, 7) is 5.46. The lowest BCUT2D eigenvalue weighted by Crippen LogP contribution is -2.16. The second-order valence-electron chi connectivity index (χ2n) is 7.11. The van der Waals surface area contributed by atoms with Crippen molar-refractivity contribution in [1.29, 1.82) is 0 Å². The van der Waals surface area contributed by atoms with E-state index in [2.05, 4.69) is 0 Å². The van der Waals surface area contributed by atoms with Crippen LogP contribution in [-0.4, -0.2) is 46.8 Å². The van der Waals surface area contributed by atoms with Crippen molar-refractivity contribution in [2.75, 3.05) is 45.9 Å². The van der Waals surface area contributed by atoms with Crippen LogP contribution in [0.15, 0.2) is 35.9 Å². The van der Waals surface area contributed by atoms with E-state index in [0.717, 1.165) is 17.0 Å². The maximum absolute atomic E-state index is 13.3. The molecule has 0 saturated carbocycles. The van der Waals surface area contributed by atoms with Crippen LogP contribution >= 0.6 is 0 Å². The smallest absolute Gasteiger partial charge is 0.203 e. The number of benzene rings is 2. The van der Waals surface area contributed by atoms with Crippen molar-refractivity contribution in [1.82, 2.24) is 0 Å². The van der Waals surface area contributed by atoms with E-state index in [1.54, 1.807) is 7.11 Å². The van der Waals surface area contributed by atoms with Gasteiger partial charge in [-0.15, -0.1) is 0 Å². The molecule has 0 atom stereocenters. The molecule has 0 saturated heterocycles. The minimum absolute atomic E-state index is 0.0162. The van der Waals surface area contributed by atoms with Gasteiger partial charge in [0.2, 0.25) is 5.75 Å². The van der Waals surface area contributed by atoms with Crippen LogP contribution in [0.1, 0.15) is 36.2 Å². The Kier molecular flexibility index (Phi) is 6.87. The van der Waals surface area contributed by atoms with Gasteiger partial charge in [-0.2, -0.15) is 0 Å². The van der Waals surface area contributed by atoms with Gasteiger partial charge in [-0.05, 0) is 55.3 Å². The van der Waals surface area contributed by atoms with E-state index in [4.69, 9.17) is 18.9 Å². The van der Waals surface area contributed by atoms with Crippen LogP contribution in [0, 0.1) is 0 Å². The number of carbonyl (C=O) groups excluding carboxylic acids is 1. The molecule has 1 aliphatic heterocycles. The minimum atomic E-state index is -0.0162. The molecule has 3 rings (SSSR count). The zero-order valence-electron chi connectivity index (χ0n) is 18.3. The first-order valence-corrected chi connectivity index (χ1v) is 10.2. The van der Waals surface area contributed by atoms with Crippen molar-refractivity contribution >= 4 is 17.5 Å². The molecule has 0 aliphatic carbocycles. The van der Waals surface area contributed by atoms with Crippen molar-refractivity contribution in [3.8, 4) is 23.0 Å². The second kappa shape index (κ2) is 9.57. The molecule has 0 radical (unpaired) electrons. The van der Waals surface area contributed by atoms with Gasteiger partial charge < -0.3 is 23.8 Å². The Morgan fingerprint density at radius 1 is 1.10 bits per heavy atom. The Labute approximate surface area is 178 Å². The van der Waals surface area contributed by atoms with Gasteiger partial charge in [0, 0.05) is 25.2 Å². The van der Waals surface area contributed by atoms with Crippen molar-refractivity contribution in [2.24, 2.45) is 0 Å². The fourth-order valence-corrected chi connectivity index (χ4v) is 3.38. The van der Waals surface area contributed by atoms with E-state index in [-0.39, 0.29) is 5.78 Å². The van der Waals surface area contributed by atoms with Gasteiger partial charge in [0.1, 0.15) is 19.0 Å². The van der Waals surface area contributed by atoms with Gasteiger partial charge >= 0.3 is 0 Å². The van der Waals surface area contributed by atoms with Crippen LogP contribution in [0.2, 0.25) is 0 Å². The topological polar surface area (TPSA) is 57.2 Å². The fraction of sp³-hybridized carbons (Fsp3) is 0.375. The van der Waals surface area contributed by atoms with Gasteiger partial charge in [-0.3, -0.25) is 4.79 Å². The first-order chi connectivity index (χ1) is 14.5. The molecule has 6 heteroatoms. The lowest BCUT2D eigenvalue weighted by Gasteiger charge is -2.21.